The van der Waals surface area contributed by atoms with E-state index in [2.05, 4.69) is 20.2 Å². The number of piperidine rings is 1. The summed E-state index contributed by atoms with van der Waals surface area (Å²) in [4.78, 5) is 35.8. The summed E-state index contributed by atoms with van der Waals surface area (Å²) in [7, 11) is 0. The molecule has 1 saturated carbocycles. The van der Waals surface area contributed by atoms with Crippen LogP contribution in [0.1, 0.15) is 86.8 Å². The van der Waals surface area contributed by atoms with E-state index in [0.717, 1.165) is 43.7 Å². The van der Waals surface area contributed by atoms with Crippen molar-refractivity contribution in [2.24, 2.45) is 5.92 Å². The molecule has 28 heavy (non-hydrogen) atoms. The molecule has 3 heterocycles. The molecule has 3 aliphatic rings. The fraction of sp³-hybridized carbons (Fsp3) is 0.727. The number of aromatic nitrogens is 2. The molecule has 2 bridgehead atoms. The molecule has 6 heteroatoms. The number of nitrogens with zero attached hydrogens (tertiary/aromatic N) is 3. The van der Waals surface area contributed by atoms with Gasteiger partial charge in [-0.1, -0.05) is 32.1 Å². The number of aryl methyl sites for hydroxylation is 1. The number of fused-ring (bicyclic) bond motifs is 2. The van der Waals surface area contributed by atoms with Crippen molar-refractivity contribution in [2.75, 3.05) is 0 Å². The summed E-state index contributed by atoms with van der Waals surface area (Å²) in [6, 6.07) is 0.689. The minimum Gasteiger partial charge on any atom is -0.348 e. The molecule has 1 unspecified atom stereocenters. The van der Waals surface area contributed by atoms with Crippen molar-refractivity contribution in [3.8, 4) is 0 Å². The molecule has 0 spiro atoms. The van der Waals surface area contributed by atoms with Gasteiger partial charge in [-0.3, -0.25) is 14.6 Å². The van der Waals surface area contributed by atoms with Gasteiger partial charge in [-0.05, 0) is 44.9 Å². The van der Waals surface area contributed by atoms with Gasteiger partial charge < -0.3 is 10.2 Å². The van der Waals surface area contributed by atoms with E-state index in [9.17, 15) is 9.59 Å². The van der Waals surface area contributed by atoms with Crippen LogP contribution in [0.4, 0.5) is 0 Å². The van der Waals surface area contributed by atoms with Gasteiger partial charge in [0.1, 0.15) is 5.69 Å². The molecule has 6 nitrogen and oxygen atoms in total. The lowest BCUT2D eigenvalue weighted by Crippen LogP contribution is -2.52. The van der Waals surface area contributed by atoms with Crippen molar-refractivity contribution in [1.29, 1.82) is 0 Å². The topological polar surface area (TPSA) is 75.2 Å². The van der Waals surface area contributed by atoms with Gasteiger partial charge in [-0.2, -0.15) is 0 Å². The minimum absolute atomic E-state index is 0.121. The predicted octanol–water partition coefficient (Wildman–Crippen LogP) is 3.40. The molecule has 152 valence electrons. The van der Waals surface area contributed by atoms with Crippen LogP contribution in [0.2, 0.25) is 0 Å². The monoisotopic (exact) mass is 384 g/mol. The van der Waals surface area contributed by atoms with Crippen LogP contribution in [-0.4, -0.2) is 44.8 Å². The molecule has 0 aromatic carbocycles. The molecule has 3 fully saturated rings. The number of carbonyl (C=O) groups excluding carboxylic acids is 2. The molecule has 2 amide bonds. The fourth-order valence-corrected chi connectivity index (χ4v) is 5.40. The SMILES string of the molecule is Cc1cnc(C(=O)NC2C[C@H]3CC[C@@H](C2)N3C(=O)CCC2CCCCC2)cn1. The maximum atomic E-state index is 12.9. The van der Waals surface area contributed by atoms with Crippen molar-refractivity contribution < 1.29 is 9.59 Å². The Balaban J connectivity index is 1.29. The molecule has 2 aliphatic heterocycles. The number of hydrogen-bond acceptors (Lipinski definition) is 4. The first-order chi connectivity index (χ1) is 13.6. The summed E-state index contributed by atoms with van der Waals surface area (Å²) in [6.45, 7) is 1.85. The van der Waals surface area contributed by atoms with E-state index in [1.54, 1.807) is 6.20 Å². The Hall–Kier alpha value is -1.98. The first-order valence-electron chi connectivity index (χ1n) is 11.0. The second-order valence-electron chi connectivity index (χ2n) is 8.91. The van der Waals surface area contributed by atoms with Crippen LogP contribution in [0, 0.1) is 12.8 Å². The average Bonchev–Trinajstić information content (AvgIpc) is 2.98. The zero-order valence-corrected chi connectivity index (χ0v) is 16.9. The van der Waals surface area contributed by atoms with Crippen molar-refractivity contribution in [3.05, 3.63) is 23.8 Å². The molecule has 0 radical (unpaired) electrons. The van der Waals surface area contributed by atoms with Gasteiger partial charge in [0.2, 0.25) is 5.91 Å². The quantitative estimate of drug-likeness (QED) is 0.844. The van der Waals surface area contributed by atoms with Gasteiger partial charge in [-0.15, -0.1) is 0 Å². The highest BCUT2D eigenvalue weighted by Crippen LogP contribution is 2.37. The molecular formula is C22H32N4O2. The maximum Gasteiger partial charge on any atom is 0.271 e. The van der Waals surface area contributed by atoms with Crippen molar-refractivity contribution in [1.82, 2.24) is 20.2 Å². The Bertz CT molecular complexity index is 685. The Morgan fingerprint density at radius 1 is 1.04 bits per heavy atom. The summed E-state index contributed by atoms with van der Waals surface area (Å²) >= 11 is 0. The first-order valence-corrected chi connectivity index (χ1v) is 11.0. The van der Waals surface area contributed by atoms with Gasteiger partial charge in [0.25, 0.3) is 5.91 Å². The summed E-state index contributed by atoms with van der Waals surface area (Å²) in [6.07, 6.45) is 15.4. The van der Waals surface area contributed by atoms with E-state index >= 15 is 0 Å². The van der Waals surface area contributed by atoms with Crippen molar-refractivity contribution in [2.45, 2.75) is 95.7 Å². The smallest absolute Gasteiger partial charge is 0.271 e. The van der Waals surface area contributed by atoms with Crippen LogP contribution in [-0.2, 0) is 4.79 Å². The maximum absolute atomic E-state index is 12.9. The number of carbonyl (C=O) groups is 2. The Kier molecular flexibility index (Phi) is 5.93. The van der Waals surface area contributed by atoms with Gasteiger partial charge in [0.05, 0.1) is 11.9 Å². The summed E-state index contributed by atoms with van der Waals surface area (Å²) < 4.78 is 0. The third kappa shape index (κ3) is 4.36. The standard InChI is InChI=1S/C22H32N4O2/c1-15-13-24-20(14-23-15)22(28)25-17-11-18-8-9-19(12-17)26(18)21(27)10-7-16-5-3-2-4-6-16/h13-14,16-19H,2-12H2,1H3,(H,25,28)/t17?,18-,19+. The second kappa shape index (κ2) is 8.58. The second-order valence-corrected chi connectivity index (χ2v) is 8.91. The lowest BCUT2D eigenvalue weighted by Gasteiger charge is -2.39. The van der Waals surface area contributed by atoms with Crippen LogP contribution in [0.15, 0.2) is 12.4 Å². The first kappa shape index (κ1) is 19.3. The van der Waals surface area contributed by atoms with Crippen LogP contribution < -0.4 is 5.32 Å². The minimum atomic E-state index is -0.158. The Labute approximate surface area is 167 Å². The predicted molar refractivity (Wildman–Crippen MR) is 107 cm³/mol. The summed E-state index contributed by atoms with van der Waals surface area (Å²) in [5, 5.41) is 3.12. The lowest BCUT2D eigenvalue weighted by molar-refractivity contribution is -0.136. The third-order valence-electron chi connectivity index (χ3n) is 6.86. The van der Waals surface area contributed by atoms with E-state index in [0.29, 0.717) is 18.0 Å². The normalized spacial score (nSPS) is 27.6. The van der Waals surface area contributed by atoms with Crippen molar-refractivity contribution in [3.63, 3.8) is 0 Å². The molecule has 1 aromatic rings. The number of nitrogens with one attached hydrogen (secondary N) is 1. The van der Waals surface area contributed by atoms with E-state index < -0.39 is 0 Å². The largest absolute Gasteiger partial charge is 0.348 e. The highest BCUT2D eigenvalue weighted by atomic mass is 16.2. The summed E-state index contributed by atoms with van der Waals surface area (Å²) in [5.41, 5.74) is 1.17. The molecule has 2 saturated heterocycles. The molecule has 1 N–H and O–H groups in total. The Morgan fingerprint density at radius 2 is 1.75 bits per heavy atom. The third-order valence-corrected chi connectivity index (χ3v) is 6.86. The van der Waals surface area contributed by atoms with Gasteiger partial charge in [-0.25, -0.2) is 4.98 Å². The zero-order chi connectivity index (χ0) is 19.5. The molecular weight excluding hydrogens is 352 g/mol. The summed E-state index contributed by atoms with van der Waals surface area (Å²) in [5.74, 6) is 0.934. The number of rotatable bonds is 5. The van der Waals surface area contributed by atoms with E-state index in [1.165, 1.54) is 38.3 Å². The van der Waals surface area contributed by atoms with Crippen LogP contribution in [0.3, 0.4) is 0 Å². The lowest BCUT2D eigenvalue weighted by atomic mass is 9.86. The van der Waals surface area contributed by atoms with Crippen LogP contribution in [0.25, 0.3) is 0 Å². The average molecular weight is 385 g/mol. The van der Waals surface area contributed by atoms with Gasteiger partial charge >= 0.3 is 0 Å². The molecule has 1 aliphatic carbocycles. The van der Waals surface area contributed by atoms with Crippen LogP contribution >= 0.6 is 0 Å². The highest BCUT2D eigenvalue weighted by Gasteiger charge is 2.43. The van der Waals surface area contributed by atoms with E-state index in [4.69, 9.17) is 0 Å². The molecule has 4 rings (SSSR count). The highest BCUT2D eigenvalue weighted by molar-refractivity contribution is 5.92. The number of hydrogen-bond donors (Lipinski definition) is 1. The van der Waals surface area contributed by atoms with E-state index in [1.807, 2.05) is 6.92 Å². The molecule has 1 aromatic heterocycles. The fourth-order valence-electron chi connectivity index (χ4n) is 5.40. The van der Waals surface area contributed by atoms with Crippen molar-refractivity contribution >= 4 is 11.8 Å². The van der Waals surface area contributed by atoms with E-state index in [-0.39, 0.29) is 24.0 Å². The molecule has 3 atom stereocenters. The number of amides is 2. The van der Waals surface area contributed by atoms with Gasteiger partial charge in [0.15, 0.2) is 0 Å². The van der Waals surface area contributed by atoms with Crippen LogP contribution in [0.5, 0.6) is 0 Å². The Morgan fingerprint density at radius 3 is 2.39 bits per heavy atom. The van der Waals surface area contributed by atoms with Gasteiger partial charge in [0, 0.05) is 30.7 Å². The zero-order valence-electron chi connectivity index (χ0n) is 16.9.